The highest BCUT2D eigenvalue weighted by molar-refractivity contribution is 5.91. The number of rotatable bonds is 7. The number of esters is 1. The summed E-state index contributed by atoms with van der Waals surface area (Å²) in [4.78, 5) is 47.4. The van der Waals surface area contributed by atoms with Crippen molar-refractivity contribution in [3.05, 3.63) is 16.7 Å². The Kier molecular flexibility index (Phi) is 4.97. The second kappa shape index (κ2) is 9.15. The zero-order valence-electron chi connectivity index (χ0n) is 22.8. The number of imidazole rings is 1. The Hall–Kier alpha value is -2.79. The van der Waals surface area contributed by atoms with Gasteiger partial charge < -0.3 is 14.2 Å². The molecule has 0 radical (unpaired) electrons. The minimum Gasteiger partial charge on any atom is -0.463 e. The number of hydrogen-bond acceptors (Lipinski definition) is 8. The summed E-state index contributed by atoms with van der Waals surface area (Å²) in [6.07, 6.45) is -2.85. The van der Waals surface area contributed by atoms with E-state index in [0.717, 1.165) is 0 Å². The molecule has 1 fully saturated rings. The predicted molar refractivity (Wildman–Crippen MR) is 111 cm³/mol. The van der Waals surface area contributed by atoms with Gasteiger partial charge in [-0.2, -0.15) is 4.98 Å². The summed E-state index contributed by atoms with van der Waals surface area (Å²) in [5.74, 6) is -3.31. The first-order chi connectivity index (χ1) is 16.5. The van der Waals surface area contributed by atoms with Crippen molar-refractivity contribution in [3.63, 3.8) is 0 Å². The van der Waals surface area contributed by atoms with Crippen LogP contribution in [-0.4, -0.2) is 57.2 Å². The van der Waals surface area contributed by atoms with Crippen LogP contribution < -0.4 is 10.9 Å². The maximum absolute atomic E-state index is 12.6. The molecule has 1 aliphatic rings. The quantitative estimate of drug-likeness (QED) is 0.617. The van der Waals surface area contributed by atoms with Crippen molar-refractivity contribution in [2.75, 3.05) is 18.9 Å². The van der Waals surface area contributed by atoms with E-state index in [2.05, 4.69) is 20.3 Å². The lowest BCUT2D eigenvalue weighted by Crippen LogP contribution is -2.29. The molecule has 170 valence electrons. The molecule has 11 heteroatoms. The van der Waals surface area contributed by atoms with Crippen molar-refractivity contribution in [1.29, 1.82) is 0 Å². The number of aromatic amines is 1. The Morgan fingerprint density at radius 3 is 2.77 bits per heavy atom. The van der Waals surface area contributed by atoms with Crippen LogP contribution >= 0.6 is 0 Å². The van der Waals surface area contributed by atoms with Crippen LogP contribution in [0.3, 0.4) is 0 Å². The number of ether oxygens (including phenoxy) is 3. The molecular weight excluding hydrogens is 406 g/mol. The van der Waals surface area contributed by atoms with Gasteiger partial charge in [0.25, 0.3) is 5.56 Å². The standard InChI is InChI=1S/C20H29N5O6/c1-9(2)16(26)23-20-22-15-13(17(27)24-20)21-8-25(15)18-14(29-6)11(5)12(31-18)7-30-19(28)10(3)4/h8-12,14,18H,7H2,1-6H3,(H2,22,23,24,26,27)/t11-,12-,14-,18-/m1/s1/i6D3,7D2. The smallest absolute Gasteiger partial charge is 0.308 e. The van der Waals surface area contributed by atoms with Gasteiger partial charge in [-0.3, -0.25) is 29.3 Å². The Balaban J connectivity index is 2.06. The minimum atomic E-state index is -2.88. The Morgan fingerprint density at radius 1 is 1.39 bits per heavy atom. The lowest BCUT2D eigenvalue weighted by atomic mass is 10.0. The van der Waals surface area contributed by atoms with E-state index < -0.39 is 67.2 Å². The van der Waals surface area contributed by atoms with Crippen molar-refractivity contribution >= 4 is 29.0 Å². The number of carbonyl (C=O) groups is 2. The van der Waals surface area contributed by atoms with E-state index >= 15 is 0 Å². The first-order valence-electron chi connectivity index (χ1n) is 12.4. The molecule has 0 aliphatic carbocycles. The molecule has 1 amide bonds. The number of fused-ring (bicyclic) bond motifs is 1. The number of nitrogens with one attached hydrogen (secondary N) is 2. The average Bonchev–Trinajstić information content (AvgIpc) is 3.28. The number of methoxy groups -OCH3 is 1. The van der Waals surface area contributed by atoms with Crippen LogP contribution in [0.4, 0.5) is 5.95 Å². The van der Waals surface area contributed by atoms with Gasteiger partial charge >= 0.3 is 5.97 Å². The van der Waals surface area contributed by atoms with E-state index in [9.17, 15) is 14.4 Å². The molecule has 2 aromatic heterocycles. The van der Waals surface area contributed by atoms with Gasteiger partial charge in [-0.15, -0.1) is 0 Å². The summed E-state index contributed by atoms with van der Waals surface area (Å²) in [6.45, 7) is 5.25. The Bertz CT molecular complexity index is 1190. The highest BCUT2D eigenvalue weighted by Gasteiger charge is 2.44. The molecule has 0 saturated carbocycles. The first-order valence-corrected chi connectivity index (χ1v) is 9.85. The molecular formula is C20H29N5O6. The van der Waals surface area contributed by atoms with Crippen LogP contribution in [0.15, 0.2) is 11.1 Å². The number of H-pyrrole nitrogens is 1. The highest BCUT2D eigenvalue weighted by atomic mass is 16.6. The van der Waals surface area contributed by atoms with Crippen molar-refractivity contribution in [3.8, 4) is 0 Å². The van der Waals surface area contributed by atoms with Gasteiger partial charge in [-0.05, 0) is 0 Å². The van der Waals surface area contributed by atoms with Crippen molar-refractivity contribution in [1.82, 2.24) is 19.5 Å². The molecule has 2 aromatic rings. The first kappa shape index (κ1) is 16.8. The molecule has 3 rings (SSSR count). The lowest BCUT2D eigenvalue weighted by molar-refractivity contribution is -0.152. The van der Waals surface area contributed by atoms with Crippen LogP contribution in [0, 0.1) is 17.8 Å². The summed E-state index contributed by atoms with van der Waals surface area (Å²) in [5.41, 5.74) is -0.858. The molecule has 4 atom stereocenters. The van der Waals surface area contributed by atoms with Crippen LogP contribution in [0.25, 0.3) is 11.2 Å². The van der Waals surface area contributed by atoms with Crippen molar-refractivity contribution in [2.45, 2.75) is 53.1 Å². The third kappa shape index (κ3) is 4.62. The number of carbonyl (C=O) groups excluding carboxylic acids is 2. The zero-order chi connectivity index (χ0) is 27.2. The Labute approximate surface area is 186 Å². The van der Waals surface area contributed by atoms with E-state index in [1.54, 1.807) is 13.8 Å². The highest BCUT2D eigenvalue weighted by Crippen LogP contribution is 2.37. The fourth-order valence-electron chi connectivity index (χ4n) is 2.97. The number of anilines is 1. The largest absolute Gasteiger partial charge is 0.463 e. The summed E-state index contributed by atoms with van der Waals surface area (Å²) < 4.78 is 56.8. The lowest BCUT2D eigenvalue weighted by Gasteiger charge is -2.20. The average molecular weight is 441 g/mol. The fourth-order valence-corrected chi connectivity index (χ4v) is 2.97. The molecule has 11 nitrogen and oxygen atoms in total. The summed E-state index contributed by atoms with van der Waals surface area (Å²) in [6, 6.07) is 0. The molecule has 3 heterocycles. The van der Waals surface area contributed by atoms with Gasteiger partial charge in [-0.25, -0.2) is 4.98 Å². The van der Waals surface area contributed by atoms with Crippen LogP contribution in [-0.2, 0) is 23.8 Å². The van der Waals surface area contributed by atoms with Crippen LogP contribution in [0.2, 0.25) is 0 Å². The summed E-state index contributed by atoms with van der Waals surface area (Å²) in [7, 11) is -2.88. The zero-order valence-corrected chi connectivity index (χ0v) is 17.8. The van der Waals surface area contributed by atoms with Gasteiger partial charge in [0, 0.05) is 18.9 Å². The number of hydrogen-bond donors (Lipinski definition) is 2. The molecule has 1 aliphatic heterocycles. The van der Waals surface area contributed by atoms with Gasteiger partial charge in [0.2, 0.25) is 11.9 Å². The van der Waals surface area contributed by atoms with E-state index in [0.29, 0.717) is 0 Å². The third-order valence-electron chi connectivity index (χ3n) is 4.92. The second-order valence-electron chi connectivity index (χ2n) is 7.97. The van der Waals surface area contributed by atoms with Crippen LogP contribution in [0.5, 0.6) is 0 Å². The topological polar surface area (TPSA) is 137 Å². The molecule has 1 saturated heterocycles. The minimum absolute atomic E-state index is 0.0606. The van der Waals surface area contributed by atoms with E-state index in [1.165, 1.54) is 31.7 Å². The second-order valence-corrected chi connectivity index (χ2v) is 7.97. The van der Waals surface area contributed by atoms with Gasteiger partial charge in [0.1, 0.15) is 12.7 Å². The SMILES string of the molecule is [2H]C([2H])([2H])O[C@@H]1[C@H](C)[C@@H](C([2H])([2H])OC(=O)C(C)C)O[C@H]1n1cnc2c(=O)[nH]c(NC(=O)C(C)C)nc21. The number of nitrogens with zero attached hydrogens (tertiary/aromatic N) is 3. The normalized spacial score (nSPS) is 26.9. The molecule has 0 unspecified atom stereocenters. The summed E-state index contributed by atoms with van der Waals surface area (Å²) >= 11 is 0. The molecule has 0 spiro atoms. The van der Waals surface area contributed by atoms with Crippen LogP contribution in [0.1, 0.15) is 47.7 Å². The third-order valence-corrected chi connectivity index (χ3v) is 4.92. The number of aromatic nitrogens is 4. The van der Waals surface area contributed by atoms with Gasteiger partial charge in [0.15, 0.2) is 17.4 Å². The molecule has 31 heavy (non-hydrogen) atoms. The Morgan fingerprint density at radius 2 is 2.13 bits per heavy atom. The van der Waals surface area contributed by atoms with E-state index in [1.807, 2.05) is 0 Å². The van der Waals surface area contributed by atoms with Crippen molar-refractivity contribution in [2.24, 2.45) is 17.8 Å². The maximum atomic E-state index is 12.6. The molecule has 0 bridgehead atoms. The fraction of sp³-hybridized carbons (Fsp3) is 0.650. The van der Waals surface area contributed by atoms with Gasteiger partial charge in [-0.1, -0.05) is 34.6 Å². The number of amides is 1. The monoisotopic (exact) mass is 440 g/mol. The summed E-state index contributed by atoms with van der Waals surface area (Å²) in [5, 5.41) is 2.48. The van der Waals surface area contributed by atoms with Gasteiger partial charge in [0.05, 0.1) is 25.2 Å². The van der Waals surface area contributed by atoms with E-state index in [4.69, 9.17) is 21.1 Å². The molecule has 0 aromatic carbocycles. The maximum Gasteiger partial charge on any atom is 0.308 e. The predicted octanol–water partition coefficient (Wildman–Crippen LogP) is 1.46. The van der Waals surface area contributed by atoms with E-state index in [-0.39, 0.29) is 17.1 Å². The van der Waals surface area contributed by atoms with Crippen molar-refractivity contribution < 1.29 is 30.7 Å². The molecule has 2 N–H and O–H groups in total.